The number of thioether (sulfide) groups is 1. The van der Waals surface area contributed by atoms with E-state index in [-0.39, 0.29) is 0 Å². The molecule has 0 saturated heterocycles. The van der Waals surface area contributed by atoms with Crippen LogP contribution in [0.3, 0.4) is 0 Å². The molecule has 2 atom stereocenters. The molecule has 1 rings (SSSR count). The van der Waals surface area contributed by atoms with E-state index in [1.807, 2.05) is 13.3 Å². The van der Waals surface area contributed by atoms with Crippen molar-refractivity contribution in [3.05, 3.63) is 10.7 Å². The Kier molecular flexibility index (Phi) is 3.79. The van der Waals surface area contributed by atoms with E-state index in [0.717, 1.165) is 22.3 Å². The van der Waals surface area contributed by atoms with Crippen molar-refractivity contribution < 1.29 is 14.4 Å². The third kappa shape index (κ3) is 2.02. The monoisotopic (exact) mass is 218 g/mol. The van der Waals surface area contributed by atoms with E-state index in [1.54, 1.807) is 11.8 Å². The first-order chi connectivity index (χ1) is 6.61. The van der Waals surface area contributed by atoms with Gasteiger partial charge in [-0.15, -0.1) is 11.8 Å². The topological polar surface area (TPSA) is 68.8 Å². The molecule has 0 aromatic carbocycles. The van der Waals surface area contributed by atoms with E-state index in [0.29, 0.717) is 0 Å². The maximum absolute atomic E-state index is 11.3. The van der Waals surface area contributed by atoms with Crippen LogP contribution >= 0.6 is 11.8 Å². The maximum Gasteiger partial charge on any atom is 0.333 e. The molecule has 1 unspecified atom stereocenters. The van der Waals surface area contributed by atoms with Crippen molar-refractivity contribution in [2.75, 3.05) is 27.1 Å². The lowest BCUT2D eigenvalue weighted by Crippen LogP contribution is -3.08. The van der Waals surface area contributed by atoms with Crippen molar-refractivity contribution in [1.82, 2.24) is 5.32 Å². The molecular formula is C8H16N3O2S+. The first kappa shape index (κ1) is 11.4. The molecule has 0 bridgehead atoms. The van der Waals surface area contributed by atoms with Gasteiger partial charge in [0.15, 0.2) is 18.4 Å². The highest BCUT2D eigenvalue weighted by atomic mass is 32.2. The lowest BCUT2D eigenvalue weighted by Gasteiger charge is -2.14. The number of carbonyl (C=O) groups is 1. The number of carbonyl (C=O) groups excluding carboxylic acids is 1. The largest absolute Gasteiger partial charge is 0.467 e. The Balaban J connectivity index is 2.87. The van der Waals surface area contributed by atoms with Gasteiger partial charge in [-0.1, -0.05) is 0 Å². The fourth-order valence-corrected chi connectivity index (χ4v) is 2.17. The third-order valence-electron chi connectivity index (χ3n) is 2.19. The number of hydrogen-bond donors (Lipinski definition) is 3. The van der Waals surface area contributed by atoms with Gasteiger partial charge in [0.2, 0.25) is 0 Å². The van der Waals surface area contributed by atoms with Crippen molar-refractivity contribution in [1.29, 1.82) is 0 Å². The van der Waals surface area contributed by atoms with Gasteiger partial charge in [-0.25, -0.2) is 4.79 Å². The quantitative estimate of drug-likeness (QED) is 0.483. The van der Waals surface area contributed by atoms with E-state index < -0.39 is 12.0 Å². The smallest absolute Gasteiger partial charge is 0.333 e. The molecule has 6 heteroatoms. The van der Waals surface area contributed by atoms with Crippen LogP contribution in [-0.4, -0.2) is 39.1 Å². The Morgan fingerprint density at radius 2 is 2.43 bits per heavy atom. The molecule has 80 valence electrons. The number of rotatable bonds is 3. The number of hydrogen-bond acceptors (Lipinski definition) is 5. The number of quaternary nitrogens is 1. The zero-order chi connectivity index (χ0) is 10.7. The molecule has 1 aliphatic heterocycles. The highest BCUT2D eigenvalue weighted by Gasteiger charge is 2.33. The molecule has 0 saturated carbocycles. The summed E-state index contributed by atoms with van der Waals surface area (Å²) < 4.78 is 4.62. The summed E-state index contributed by atoms with van der Waals surface area (Å²) in [6, 6.07) is -0.669. The Morgan fingerprint density at radius 1 is 1.79 bits per heavy atom. The number of nitrogens with two attached hydrogens (primary N) is 1. The first-order valence-electron chi connectivity index (χ1n) is 4.30. The van der Waals surface area contributed by atoms with Crippen molar-refractivity contribution in [3.63, 3.8) is 0 Å². The Labute approximate surface area is 87.6 Å². The van der Waals surface area contributed by atoms with Crippen LogP contribution in [0.4, 0.5) is 0 Å². The summed E-state index contributed by atoms with van der Waals surface area (Å²) in [5.41, 5.74) is 6.66. The number of ether oxygens (including phenoxy) is 1. The van der Waals surface area contributed by atoms with E-state index in [2.05, 4.69) is 10.1 Å². The molecule has 0 amide bonds. The fourth-order valence-electron chi connectivity index (χ4n) is 1.43. The zero-order valence-electron chi connectivity index (χ0n) is 8.59. The van der Waals surface area contributed by atoms with Gasteiger partial charge in [0.05, 0.1) is 14.2 Å². The van der Waals surface area contributed by atoms with Gasteiger partial charge in [-0.05, 0) is 6.26 Å². The minimum absolute atomic E-state index is 0.394. The lowest BCUT2D eigenvalue weighted by molar-refractivity contribution is -0.835. The average molecular weight is 218 g/mol. The molecule has 0 aromatic rings. The second-order valence-electron chi connectivity index (χ2n) is 3.08. The summed E-state index contributed by atoms with van der Waals surface area (Å²) in [6.07, 6.45) is 1.95. The lowest BCUT2D eigenvalue weighted by atomic mass is 10.2. The Hall–Kier alpha value is -0.720. The van der Waals surface area contributed by atoms with Crippen LogP contribution in [-0.2, 0) is 9.53 Å². The van der Waals surface area contributed by atoms with Gasteiger partial charge in [-0.2, -0.15) is 0 Å². The first-order valence-corrected chi connectivity index (χ1v) is 5.52. The summed E-state index contributed by atoms with van der Waals surface area (Å²) in [7, 11) is 3.31. The molecule has 0 fully saturated rings. The summed E-state index contributed by atoms with van der Waals surface area (Å²) in [6.45, 7) is 0.760. The molecule has 0 spiro atoms. The molecule has 0 radical (unpaired) electrons. The van der Waals surface area contributed by atoms with Crippen LogP contribution in [0.2, 0.25) is 0 Å². The average Bonchev–Trinajstić information content (AvgIpc) is 2.57. The van der Waals surface area contributed by atoms with Crippen molar-refractivity contribution in [2.45, 2.75) is 6.04 Å². The van der Waals surface area contributed by atoms with Crippen molar-refractivity contribution >= 4 is 17.7 Å². The highest BCUT2D eigenvalue weighted by Crippen LogP contribution is 2.14. The van der Waals surface area contributed by atoms with E-state index >= 15 is 0 Å². The summed E-state index contributed by atoms with van der Waals surface area (Å²) >= 11 is 1.56. The van der Waals surface area contributed by atoms with E-state index in [1.165, 1.54) is 7.11 Å². The normalized spacial score (nSPS) is 23.3. The van der Waals surface area contributed by atoms with Gasteiger partial charge < -0.3 is 15.8 Å². The standard InChI is InChI=1S/C8H15N3O2S/c1-11-4-10-7(14-3)6(11)5(9)8(12)13-2/h5,10H,4,9H2,1-3H3/p+1/t5-/m1/s1. The molecule has 0 aliphatic carbocycles. The predicted octanol–water partition coefficient (Wildman–Crippen LogP) is -1.91. The number of methoxy groups -OCH3 is 1. The maximum atomic E-state index is 11.3. The van der Waals surface area contributed by atoms with Gasteiger partial charge in [0.1, 0.15) is 5.03 Å². The van der Waals surface area contributed by atoms with Crippen LogP contribution in [0.25, 0.3) is 0 Å². The summed E-state index contributed by atoms with van der Waals surface area (Å²) in [5.74, 6) is -0.394. The molecular weight excluding hydrogens is 202 g/mol. The van der Waals surface area contributed by atoms with Crippen LogP contribution < -0.4 is 16.0 Å². The second-order valence-corrected chi connectivity index (χ2v) is 3.90. The summed E-state index contributed by atoms with van der Waals surface area (Å²) in [5, 5.41) is 4.16. The Bertz CT molecular complexity index is 267. The van der Waals surface area contributed by atoms with E-state index in [4.69, 9.17) is 5.73 Å². The van der Waals surface area contributed by atoms with Crippen LogP contribution in [0.15, 0.2) is 10.7 Å². The van der Waals surface area contributed by atoms with Crippen LogP contribution in [0.1, 0.15) is 0 Å². The zero-order valence-corrected chi connectivity index (χ0v) is 9.40. The van der Waals surface area contributed by atoms with Gasteiger partial charge in [0.25, 0.3) is 0 Å². The molecule has 4 N–H and O–H groups in total. The fraction of sp³-hybridized carbons (Fsp3) is 0.625. The molecule has 0 aromatic heterocycles. The molecule has 1 aliphatic rings. The minimum Gasteiger partial charge on any atom is -0.467 e. The Morgan fingerprint density at radius 3 is 2.93 bits per heavy atom. The SMILES string of the molecule is COC(=O)[C@H](N)C1=C(SC)NC[NH+]1C. The number of esters is 1. The van der Waals surface area contributed by atoms with Gasteiger partial charge in [0, 0.05) is 0 Å². The molecule has 1 heterocycles. The minimum atomic E-state index is -0.669. The third-order valence-corrected chi connectivity index (χ3v) is 2.96. The highest BCUT2D eigenvalue weighted by molar-refractivity contribution is 8.02. The number of nitrogens with one attached hydrogen (secondary N) is 2. The van der Waals surface area contributed by atoms with Crippen LogP contribution in [0, 0.1) is 0 Å². The molecule has 5 nitrogen and oxygen atoms in total. The van der Waals surface area contributed by atoms with E-state index in [9.17, 15) is 4.79 Å². The summed E-state index contributed by atoms with van der Waals surface area (Å²) in [4.78, 5) is 12.4. The second kappa shape index (κ2) is 4.68. The number of likely N-dealkylation sites (N-methyl/N-ethyl adjacent to an activating group) is 1. The van der Waals surface area contributed by atoms with Crippen molar-refractivity contribution in [3.8, 4) is 0 Å². The molecule has 14 heavy (non-hydrogen) atoms. The van der Waals surface area contributed by atoms with Gasteiger partial charge >= 0.3 is 5.97 Å². The van der Waals surface area contributed by atoms with Crippen LogP contribution in [0.5, 0.6) is 0 Å². The van der Waals surface area contributed by atoms with Crippen molar-refractivity contribution in [2.24, 2.45) is 5.73 Å². The predicted molar refractivity (Wildman–Crippen MR) is 55.4 cm³/mol. The van der Waals surface area contributed by atoms with Gasteiger partial charge in [-0.3, -0.25) is 4.90 Å².